The lowest BCUT2D eigenvalue weighted by molar-refractivity contribution is -0.148. The van der Waals surface area contributed by atoms with Gasteiger partial charge in [0.1, 0.15) is 6.04 Å². The van der Waals surface area contributed by atoms with Crippen molar-refractivity contribution in [3.63, 3.8) is 0 Å². The Balaban J connectivity index is 1.89. The molecule has 1 aliphatic carbocycles. The maximum atomic E-state index is 12.3. The third-order valence-electron chi connectivity index (χ3n) is 4.45. The van der Waals surface area contributed by atoms with Gasteiger partial charge in [-0.15, -0.1) is 0 Å². The SMILES string of the molecule is NC(CC1CCCCC1)C(=O)N1CCC[C@H]1C(=O)O. The first-order chi connectivity index (χ1) is 9.09. The zero-order chi connectivity index (χ0) is 13.8. The number of hydrogen-bond acceptors (Lipinski definition) is 3. The molecule has 0 radical (unpaired) electrons. The van der Waals surface area contributed by atoms with Crippen LogP contribution in [0.1, 0.15) is 51.4 Å². The fraction of sp³-hybridized carbons (Fsp3) is 0.857. The fourth-order valence-corrected chi connectivity index (χ4v) is 3.38. The molecule has 2 atom stereocenters. The summed E-state index contributed by atoms with van der Waals surface area (Å²) >= 11 is 0. The summed E-state index contributed by atoms with van der Waals surface area (Å²) in [4.78, 5) is 24.8. The van der Waals surface area contributed by atoms with Crippen LogP contribution in [0.3, 0.4) is 0 Å². The topological polar surface area (TPSA) is 83.6 Å². The highest BCUT2D eigenvalue weighted by molar-refractivity contribution is 5.87. The number of carboxylic acid groups (broad SMARTS) is 1. The van der Waals surface area contributed by atoms with Gasteiger partial charge in [-0.2, -0.15) is 0 Å². The second-order valence-corrected chi connectivity index (χ2v) is 5.87. The van der Waals surface area contributed by atoms with Crippen molar-refractivity contribution in [2.45, 2.75) is 63.5 Å². The molecule has 5 heteroatoms. The molecule has 1 saturated carbocycles. The maximum absolute atomic E-state index is 12.3. The van der Waals surface area contributed by atoms with Crippen LogP contribution in [-0.2, 0) is 9.59 Å². The Labute approximate surface area is 114 Å². The number of carbonyl (C=O) groups excluding carboxylic acids is 1. The third-order valence-corrected chi connectivity index (χ3v) is 4.45. The zero-order valence-electron chi connectivity index (χ0n) is 11.4. The Kier molecular flexibility index (Phi) is 4.80. The van der Waals surface area contributed by atoms with Gasteiger partial charge in [-0.25, -0.2) is 4.79 Å². The lowest BCUT2D eigenvalue weighted by Gasteiger charge is -2.28. The molecule has 1 amide bonds. The van der Waals surface area contributed by atoms with Crippen molar-refractivity contribution in [2.24, 2.45) is 11.7 Å². The van der Waals surface area contributed by atoms with Crippen molar-refractivity contribution >= 4 is 11.9 Å². The van der Waals surface area contributed by atoms with Crippen molar-refractivity contribution in [1.82, 2.24) is 4.90 Å². The number of carboxylic acids is 1. The molecular formula is C14H24N2O3. The summed E-state index contributed by atoms with van der Waals surface area (Å²) in [6.07, 6.45) is 8.08. The summed E-state index contributed by atoms with van der Waals surface area (Å²) in [5.41, 5.74) is 6.01. The molecule has 5 nitrogen and oxygen atoms in total. The number of likely N-dealkylation sites (tertiary alicyclic amines) is 1. The molecule has 0 aromatic heterocycles. The zero-order valence-corrected chi connectivity index (χ0v) is 11.4. The minimum atomic E-state index is -0.907. The summed E-state index contributed by atoms with van der Waals surface area (Å²) < 4.78 is 0. The Morgan fingerprint density at radius 2 is 1.84 bits per heavy atom. The average Bonchev–Trinajstić information content (AvgIpc) is 2.88. The van der Waals surface area contributed by atoms with Gasteiger partial charge in [0.15, 0.2) is 0 Å². The standard InChI is InChI=1S/C14H24N2O3/c15-11(9-10-5-2-1-3-6-10)13(17)16-8-4-7-12(16)14(18)19/h10-12H,1-9,15H2,(H,18,19)/t11?,12-/m0/s1. The molecular weight excluding hydrogens is 244 g/mol. The van der Waals surface area contributed by atoms with E-state index in [1.807, 2.05) is 0 Å². The minimum Gasteiger partial charge on any atom is -0.480 e. The second-order valence-electron chi connectivity index (χ2n) is 5.87. The van der Waals surface area contributed by atoms with Crippen LogP contribution in [0.15, 0.2) is 0 Å². The number of nitrogens with zero attached hydrogens (tertiary/aromatic N) is 1. The van der Waals surface area contributed by atoms with Crippen molar-refractivity contribution < 1.29 is 14.7 Å². The molecule has 1 aliphatic heterocycles. The number of carbonyl (C=O) groups is 2. The van der Waals surface area contributed by atoms with Gasteiger partial charge in [-0.3, -0.25) is 4.79 Å². The van der Waals surface area contributed by atoms with Crippen LogP contribution in [0.4, 0.5) is 0 Å². The first-order valence-electron chi connectivity index (χ1n) is 7.38. The van der Waals surface area contributed by atoms with Crippen LogP contribution >= 0.6 is 0 Å². The van der Waals surface area contributed by atoms with E-state index in [9.17, 15) is 9.59 Å². The van der Waals surface area contributed by atoms with Gasteiger partial charge in [0.05, 0.1) is 6.04 Å². The van der Waals surface area contributed by atoms with Crippen LogP contribution in [0.5, 0.6) is 0 Å². The van der Waals surface area contributed by atoms with E-state index in [4.69, 9.17) is 10.8 Å². The molecule has 1 saturated heterocycles. The predicted octanol–water partition coefficient (Wildman–Crippen LogP) is 1.36. The van der Waals surface area contributed by atoms with Crippen molar-refractivity contribution in [3.8, 4) is 0 Å². The molecule has 1 heterocycles. The van der Waals surface area contributed by atoms with E-state index in [0.29, 0.717) is 25.3 Å². The van der Waals surface area contributed by atoms with Gasteiger partial charge >= 0.3 is 5.97 Å². The molecule has 108 valence electrons. The fourth-order valence-electron chi connectivity index (χ4n) is 3.38. The molecule has 0 aromatic rings. The molecule has 2 fully saturated rings. The Hall–Kier alpha value is -1.10. The summed E-state index contributed by atoms with van der Waals surface area (Å²) in [6.45, 7) is 0.536. The molecule has 0 aromatic carbocycles. The molecule has 2 aliphatic rings. The van der Waals surface area contributed by atoms with Gasteiger partial charge in [0, 0.05) is 6.54 Å². The van der Waals surface area contributed by atoms with Crippen LogP contribution in [0.25, 0.3) is 0 Å². The first kappa shape index (κ1) is 14.3. The summed E-state index contributed by atoms with van der Waals surface area (Å²) in [5, 5.41) is 9.10. The number of amides is 1. The lowest BCUT2D eigenvalue weighted by Crippen LogP contribution is -2.49. The van der Waals surface area contributed by atoms with E-state index >= 15 is 0 Å². The van der Waals surface area contributed by atoms with Crippen LogP contribution in [0.2, 0.25) is 0 Å². The second kappa shape index (κ2) is 6.37. The van der Waals surface area contributed by atoms with Crippen molar-refractivity contribution in [3.05, 3.63) is 0 Å². The molecule has 0 spiro atoms. The smallest absolute Gasteiger partial charge is 0.326 e. The monoisotopic (exact) mass is 268 g/mol. The van der Waals surface area contributed by atoms with Gasteiger partial charge < -0.3 is 15.7 Å². The Bertz CT molecular complexity index is 340. The van der Waals surface area contributed by atoms with Gasteiger partial charge in [-0.1, -0.05) is 32.1 Å². The highest BCUT2D eigenvalue weighted by Gasteiger charge is 2.36. The maximum Gasteiger partial charge on any atom is 0.326 e. The Morgan fingerprint density at radius 3 is 2.47 bits per heavy atom. The van der Waals surface area contributed by atoms with E-state index in [-0.39, 0.29) is 5.91 Å². The average molecular weight is 268 g/mol. The molecule has 3 N–H and O–H groups in total. The number of rotatable bonds is 4. The largest absolute Gasteiger partial charge is 0.480 e. The van der Waals surface area contributed by atoms with Gasteiger partial charge in [0.2, 0.25) is 5.91 Å². The van der Waals surface area contributed by atoms with E-state index in [1.54, 1.807) is 0 Å². The Morgan fingerprint density at radius 1 is 1.16 bits per heavy atom. The van der Waals surface area contributed by atoms with Crippen LogP contribution < -0.4 is 5.73 Å². The predicted molar refractivity (Wildman–Crippen MR) is 71.5 cm³/mol. The van der Waals surface area contributed by atoms with E-state index in [1.165, 1.54) is 24.2 Å². The molecule has 19 heavy (non-hydrogen) atoms. The van der Waals surface area contributed by atoms with Crippen molar-refractivity contribution in [1.29, 1.82) is 0 Å². The highest BCUT2D eigenvalue weighted by atomic mass is 16.4. The number of nitrogens with two attached hydrogens (primary N) is 1. The molecule has 0 bridgehead atoms. The normalized spacial score (nSPS) is 26.4. The summed E-state index contributed by atoms with van der Waals surface area (Å²) in [6, 6.07) is -1.19. The highest BCUT2D eigenvalue weighted by Crippen LogP contribution is 2.28. The van der Waals surface area contributed by atoms with Gasteiger partial charge in [0.25, 0.3) is 0 Å². The van der Waals surface area contributed by atoms with E-state index < -0.39 is 18.1 Å². The molecule has 2 rings (SSSR count). The quantitative estimate of drug-likeness (QED) is 0.806. The summed E-state index contributed by atoms with van der Waals surface area (Å²) in [7, 11) is 0. The van der Waals surface area contributed by atoms with Gasteiger partial charge in [-0.05, 0) is 25.2 Å². The number of aliphatic carboxylic acids is 1. The first-order valence-corrected chi connectivity index (χ1v) is 7.38. The third kappa shape index (κ3) is 3.47. The van der Waals surface area contributed by atoms with Crippen LogP contribution in [-0.4, -0.2) is 40.5 Å². The molecule has 1 unspecified atom stereocenters. The van der Waals surface area contributed by atoms with Crippen LogP contribution in [0, 0.1) is 5.92 Å². The number of hydrogen-bond donors (Lipinski definition) is 2. The van der Waals surface area contributed by atoms with E-state index in [2.05, 4.69) is 0 Å². The van der Waals surface area contributed by atoms with E-state index in [0.717, 1.165) is 19.3 Å². The minimum absolute atomic E-state index is 0.171. The lowest BCUT2D eigenvalue weighted by atomic mass is 9.84. The summed E-state index contributed by atoms with van der Waals surface area (Å²) in [5.74, 6) is -0.537. The van der Waals surface area contributed by atoms with Crippen molar-refractivity contribution in [2.75, 3.05) is 6.54 Å².